The number of aromatic carboxylic acids is 1. The Balaban J connectivity index is 0.609. The van der Waals surface area contributed by atoms with Gasteiger partial charge in [-0.15, -0.1) is 0 Å². The molecule has 4 aliphatic heterocycles. The Labute approximate surface area is 428 Å². The lowest BCUT2D eigenvalue weighted by Crippen LogP contribution is -2.39. The van der Waals surface area contributed by atoms with Crippen LogP contribution in [0.15, 0.2) is 97.1 Å². The number of hydrogen-bond donors (Lipinski definition) is 3. The molecule has 16 heteroatoms. The summed E-state index contributed by atoms with van der Waals surface area (Å²) in [6.07, 6.45) is 9.84. The van der Waals surface area contributed by atoms with Gasteiger partial charge in [-0.2, -0.15) is 5.10 Å². The minimum absolute atomic E-state index is 0.0452. The number of para-hydroxylation sites is 1. The fraction of sp³-hybridized carbons (Fsp3) is 0.386. The van der Waals surface area contributed by atoms with Crippen molar-refractivity contribution in [2.45, 2.75) is 83.3 Å². The van der Waals surface area contributed by atoms with Crippen LogP contribution in [0, 0.1) is 11.8 Å². The van der Waals surface area contributed by atoms with Crippen molar-refractivity contribution in [3.8, 4) is 5.75 Å². The number of likely N-dealkylation sites (tertiary alicyclic amines) is 1. The molecule has 4 aliphatic rings. The van der Waals surface area contributed by atoms with Crippen LogP contribution < -0.4 is 25.2 Å². The van der Waals surface area contributed by atoms with Crippen molar-refractivity contribution >= 4 is 72.8 Å². The lowest BCUT2D eigenvalue weighted by molar-refractivity contribution is -0.134. The first-order valence-corrected chi connectivity index (χ1v) is 26.7. The van der Waals surface area contributed by atoms with Crippen LogP contribution >= 0.6 is 11.3 Å². The van der Waals surface area contributed by atoms with Crippen LogP contribution in [0.4, 0.5) is 16.6 Å². The van der Waals surface area contributed by atoms with Crippen LogP contribution in [-0.2, 0) is 42.6 Å². The second kappa shape index (κ2) is 21.1. The summed E-state index contributed by atoms with van der Waals surface area (Å²) in [4.78, 5) is 66.8. The quantitative estimate of drug-likeness (QED) is 0.0833. The first-order chi connectivity index (χ1) is 35.6. The molecule has 3 fully saturated rings. The topological polar surface area (TPSA) is 175 Å². The number of carboxylic acids is 1. The number of carbonyl (C=O) groups excluding carboxylic acids is 3. The maximum atomic E-state index is 13.6. The van der Waals surface area contributed by atoms with E-state index < -0.39 is 11.9 Å². The predicted molar refractivity (Wildman–Crippen MR) is 284 cm³/mol. The molecule has 0 saturated carbocycles. The third kappa shape index (κ3) is 10.7. The number of nitrogens with one attached hydrogen (secondary N) is 2. The van der Waals surface area contributed by atoms with E-state index in [1.807, 2.05) is 77.3 Å². The van der Waals surface area contributed by atoms with E-state index >= 15 is 0 Å². The number of carboxylic acid groups (broad SMARTS) is 1. The molecule has 376 valence electrons. The van der Waals surface area contributed by atoms with Gasteiger partial charge in [-0.05, 0) is 167 Å². The molecular formula is C57H61N9O6S. The van der Waals surface area contributed by atoms with Gasteiger partial charge in [0.15, 0.2) is 10.8 Å². The summed E-state index contributed by atoms with van der Waals surface area (Å²) >= 11 is 1.44. The summed E-state index contributed by atoms with van der Waals surface area (Å²) in [5.74, 6) is 0.416. The monoisotopic (exact) mass is 999 g/mol. The Morgan fingerprint density at radius 2 is 1.64 bits per heavy atom. The standard InChI is InChI=1S/C57H61N9O6S/c1-63-48-33-41(14-17-44(48)53(62-63)45-18-20-51(67)60-55(45)69)65-29-23-36(24-30-65)6-5-26-64-27-21-38(22-28-64)32-37-11-15-42(16-12-37)72-35-40-13-19-50(59-52(40)56(70)71)66-31-25-39-7-4-8-43(46(39)34-66)54(68)61-57-58-47-9-2-3-10-49(47)73-57/h2-4,7-17,19,33,36,38,45H,5-6,18,20-32,34-35H2,1H3,(H,70,71)(H,58,61,68)(H,60,67,69). The Hall–Kier alpha value is -7.17. The Morgan fingerprint density at radius 3 is 2.44 bits per heavy atom. The number of imide groups is 1. The highest BCUT2D eigenvalue weighted by molar-refractivity contribution is 7.22. The molecule has 0 radical (unpaired) electrons. The van der Waals surface area contributed by atoms with Gasteiger partial charge in [0.2, 0.25) is 11.8 Å². The molecule has 11 rings (SSSR count). The fourth-order valence-corrected chi connectivity index (χ4v) is 12.3. The number of aryl methyl sites for hydroxylation is 1. The molecule has 0 bridgehead atoms. The van der Waals surface area contributed by atoms with Crippen LogP contribution in [0.3, 0.4) is 0 Å². The number of thiazole rings is 1. The van der Waals surface area contributed by atoms with Crippen molar-refractivity contribution in [2.75, 3.05) is 54.4 Å². The minimum Gasteiger partial charge on any atom is -0.489 e. The number of carbonyl (C=O) groups is 4. The van der Waals surface area contributed by atoms with E-state index in [2.05, 4.69) is 60.7 Å². The maximum absolute atomic E-state index is 13.6. The summed E-state index contributed by atoms with van der Waals surface area (Å²) in [5, 5.41) is 22.0. The van der Waals surface area contributed by atoms with Gasteiger partial charge in [-0.1, -0.05) is 47.7 Å². The van der Waals surface area contributed by atoms with E-state index in [9.17, 15) is 24.3 Å². The van der Waals surface area contributed by atoms with Gasteiger partial charge in [0, 0.05) is 61.8 Å². The number of rotatable bonds is 15. The normalized spacial score (nSPS) is 18.0. The molecule has 73 heavy (non-hydrogen) atoms. The number of fused-ring (bicyclic) bond motifs is 3. The van der Waals surface area contributed by atoms with Crippen molar-refractivity contribution in [3.63, 3.8) is 0 Å². The number of nitrogens with zero attached hydrogens (tertiary/aromatic N) is 7. The number of hydrogen-bond acceptors (Lipinski definition) is 12. The van der Waals surface area contributed by atoms with Gasteiger partial charge >= 0.3 is 5.97 Å². The maximum Gasteiger partial charge on any atom is 0.354 e. The third-order valence-electron chi connectivity index (χ3n) is 15.6. The summed E-state index contributed by atoms with van der Waals surface area (Å²) in [7, 11) is 1.93. The van der Waals surface area contributed by atoms with E-state index in [1.54, 1.807) is 6.07 Å². The average molecular weight is 1000 g/mol. The molecular weight excluding hydrogens is 939 g/mol. The number of pyridine rings is 1. The highest BCUT2D eigenvalue weighted by Gasteiger charge is 2.32. The van der Waals surface area contributed by atoms with Gasteiger partial charge in [0.05, 0.1) is 27.3 Å². The van der Waals surface area contributed by atoms with Crippen LogP contribution in [0.2, 0.25) is 0 Å². The summed E-state index contributed by atoms with van der Waals surface area (Å²) < 4.78 is 9.01. The molecule has 4 aromatic carbocycles. The van der Waals surface area contributed by atoms with Crippen LogP contribution in [0.5, 0.6) is 5.75 Å². The van der Waals surface area contributed by atoms with Crippen molar-refractivity contribution in [1.29, 1.82) is 0 Å². The van der Waals surface area contributed by atoms with Gasteiger partial charge < -0.3 is 24.5 Å². The van der Waals surface area contributed by atoms with Crippen molar-refractivity contribution in [1.82, 2.24) is 30.0 Å². The highest BCUT2D eigenvalue weighted by Crippen LogP contribution is 2.35. The molecule has 1 unspecified atom stereocenters. The zero-order valence-electron chi connectivity index (χ0n) is 41.2. The number of aromatic nitrogens is 4. The summed E-state index contributed by atoms with van der Waals surface area (Å²) in [6, 6.07) is 31.9. The van der Waals surface area contributed by atoms with E-state index in [0.717, 1.165) is 83.0 Å². The van der Waals surface area contributed by atoms with Crippen molar-refractivity contribution < 1.29 is 29.0 Å². The van der Waals surface area contributed by atoms with E-state index in [4.69, 9.17) is 9.84 Å². The zero-order valence-corrected chi connectivity index (χ0v) is 42.0. The molecule has 7 aromatic rings. The van der Waals surface area contributed by atoms with Crippen LogP contribution in [0.25, 0.3) is 21.1 Å². The SMILES string of the molecule is Cn1nc(C2CCC(=O)NC2=O)c2ccc(N3CCC(CCCN4CCC(Cc5ccc(OCc6ccc(N7CCc8cccc(C(=O)Nc9nc%10ccccc%10s9)c8C7)nc6C(=O)O)cc5)CC4)CC3)cc21. The lowest BCUT2D eigenvalue weighted by atomic mass is 9.89. The van der Waals surface area contributed by atoms with Gasteiger partial charge in [0.1, 0.15) is 18.2 Å². The smallest absolute Gasteiger partial charge is 0.354 e. The number of anilines is 3. The predicted octanol–water partition coefficient (Wildman–Crippen LogP) is 9.14. The van der Waals surface area contributed by atoms with E-state index in [0.29, 0.717) is 66.1 Å². The van der Waals surface area contributed by atoms with E-state index in [-0.39, 0.29) is 30.0 Å². The van der Waals surface area contributed by atoms with Gasteiger partial charge in [-0.3, -0.25) is 29.7 Å². The number of benzene rings is 4. The lowest BCUT2D eigenvalue weighted by Gasteiger charge is -2.35. The van der Waals surface area contributed by atoms with E-state index in [1.165, 1.54) is 61.1 Å². The molecule has 3 amide bonds. The highest BCUT2D eigenvalue weighted by atomic mass is 32.1. The Bertz CT molecular complexity index is 3160. The molecule has 7 heterocycles. The summed E-state index contributed by atoms with van der Waals surface area (Å²) in [5.41, 5.74) is 8.10. The number of ether oxygens (including phenoxy) is 1. The molecule has 0 spiro atoms. The van der Waals surface area contributed by atoms with Crippen molar-refractivity contribution in [2.24, 2.45) is 18.9 Å². The second-order valence-electron chi connectivity index (χ2n) is 20.2. The molecule has 1 atom stereocenters. The Kier molecular flexibility index (Phi) is 13.9. The molecule has 0 aliphatic carbocycles. The largest absolute Gasteiger partial charge is 0.489 e. The van der Waals surface area contributed by atoms with Crippen LogP contribution in [-0.4, -0.2) is 92.7 Å². The first-order valence-electron chi connectivity index (χ1n) is 25.8. The van der Waals surface area contributed by atoms with Gasteiger partial charge in [0.25, 0.3) is 5.91 Å². The van der Waals surface area contributed by atoms with Crippen molar-refractivity contribution in [3.05, 3.63) is 136 Å². The fourth-order valence-electron chi connectivity index (χ4n) is 11.4. The first kappa shape index (κ1) is 48.1. The van der Waals surface area contributed by atoms with Crippen LogP contribution in [0.1, 0.15) is 106 Å². The third-order valence-corrected chi connectivity index (χ3v) is 16.5. The second-order valence-corrected chi connectivity index (χ2v) is 21.3. The zero-order chi connectivity index (χ0) is 50.0. The molecule has 3 N–H and O–H groups in total. The summed E-state index contributed by atoms with van der Waals surface area (Å²) in [6.45, 7) is 6.65. The molecule has 3 saturated heterocycles. The molecule has 15 nitrogen and oxygen atoms in total. The average Bonchev–Trinajstić information content (AvgIpc) is 3.97. The van der Waals surface area contributed by atoms with Gasteiger partial charge in [-0.25, -0.2) is 14.8 Å². The number of piperidine rings is 3. The minimum atomic E-state index is -1.12. The molecule has 3 aromatic heterocycles. The number of amides is 3. The Morgan fingerprint density at radius 1 is 0.836 bits per heavy atom.